The van der Waals surface area contributed by atoms with Crippen molar-refractivity contribution in [3.05, 3.63) is 30.3 Å². The zero-order valence-electron chi connectivity index (χ0n) is 6.90. The quantitative estimate of drug-likeness (QED) is 0.691. The Labute approximate surface area is 77.1 Å². The molecule has 1 saturated heterocycles. The number of hydrogen-bond acceptors (Lipinski definition) is 2. The van der Waals surface area contributed by atoms with E-state index >= 15 is 0 Å². The van der Waals surface area contributed by atoms with E-state index in [0.29, 0.717) is 5.25 Å². The third kappa shape index (κ3) is 2.02. The van der Waals surface area contributed by atoms with Crippen molar-refractivity contribution in [1.82, 2.24) is 0 Å². The van der Waals surface area contributed by atoms with Gasteiger partial charge in [0.05, 0.1) is 6.61 Å². The monoisotopic (exact) mass is 180 g/mol. The predicted molar refractivity (Wildman–Crippen MR) is 51.5 cm³/mol. The minimum absolute atomic E-state index is 0.674. The van der Waals surface area contributed by atoms with Crippen LogP contribution in [0.3, 0.4) is 0 Å². The molecule has 0 N–H and O–H groups in total. The molecule has 64 valence electrons. The van der Waals surface area contributed by atoms with Crippen molar-refractivity contribution in [3.63, 3.8) is 0 Å². The summed E-state index contributed by atoms with van der Waals surface area (Å²) in [6.45, 7) is 1.85. The Balaban J connectivity index is 1.94. The van der Waals surface area contributed by atoms with Gasteiger partial charge in [-0.1, -0.05) is 18.2 Å². The fraction of sp³-hybridized carbons (Fsp3) is 0.400. The van der Waals surface area contributed by atoms with Crippen molar-refractivity contribution in [2.75, 3.05) is 13.2 Å². The van der Waals surface area contributed by atoms with Gasteiger partial charge in [-0.15, -0.1) is 11.8 Å². The first-order valence-corrected chi connectivity index (χ1v) is 5.12. The van der Waals surface area contributed by atoms with E-state index in [0.717, 1.165) is 13.2 Å². The Bertz CT molecular complexity index is 229. The zero-order chi connectivity index (χ0) is 8.23. The van der Waals surface area contributed by atoms with Crippen LogP contribution in [0.5, 0.6) is 0 Å². The molecule has 1 atom stereocenters. The highest BCUT2D eigenvalue weighted by atomic mass is 32.2. The van der Waals surface area contributed by atoms with E-state index in [2.05, 4.69) is 30.3 Å². The van der Waals surface area contributed by atoms with Crippen LogP contribution in [0.15, 0.2) is 35.2 Å². The van der Waals surface area contributed by atoms with Gasteiger partial charge in [-0.3, -0.25) is 0 Å². The van der Waals surface area contributed by atoms with Gasteiger partial charge in [0.1, 0.15) is 0 Å². The highest BCUT2D eigenvalue weighted by molar-refractivity contribution is 8.00. The number of hydrogen-bond donors (Lipinski definition) is 0. The molecule has 0 saturated carbocycles. The Morgan fingerprint density at radius 3 is 2.75 bits per heavy atom. The summed E-state index contributed by atoms with van der Waals surface area (Å²) in [7, 11) is 0. The maximum Gasteiger partial charge on any atom is 0.0589 e. The molecule has 0 amide bonds. The zero-order valence-corrected chi connectivity index (χ0v) is 7.72. The summed E-state index contributed by atoms with van der Waals surface area (Å²) < 4.78 is 5.31. The largest absolute Gasteiger partial charge is 0.380 e. The van der Waals surface area contributed by atoms with Gasteiger partial charge >= 0.3 is 0 Å². The normalized spacial score (nSPS) is 22.8. The second-order valence-corrected chi connectivity index (χ2v) is 4.29. The van der Waals surface area contributed by atoms with E-state index in [-0.39, 0.29) is 0 Å². The Hall–Kier alpha value is -0.470. The maximum atomic E-state index is 5.31. The summed E-state index contributed by atoms with van der Waals surface area (Å²) in [5, 5.41) is 0.674. The summed E-state index contributed by atoms with van der Waals surface area (Å²) in [5.74, 6) is 0. The van der Waals surface area contributed by atoms with Crippen molar-refractivity contribution >= 4 is 11.8 Å². The lowest BCUT2D eigenvalue weighted by atomic mass is 10.4. The summed E-state index contributed by atoms with van der Waals surface area (Å²) in [5.41, 5.74) is 0. The highest BCUT2D eigenvalue weighted by Crippen LogP contribution is 2.27. The van der Waals surface area contributed by atoms with Crippen LogP contribution >= 0.6 is 11.8 Å². The Morgan fingerprint density at radius 2 is 2.08 bits per heavy atom. The molecule has 0 bridgehead atoms. The minimum atomic E-state index is 0.674. The molecule has 0 spiro atoms. The van der Waals surface area contributed by atoms with Crippen LogP contribution in [-0.4, -0.2) is 18.5 Å². The SMILES string of the molecule is c1ccc(SC2CCOC2)cc1. The third-order valence-corrected chi connectivity index (χ3v) is 3.18. The van der Waals surface area contributed by atoms with Gasteiger partial charge in [-0.2, -0.15) is 0 Å². The van der Waals surface area contributed by atoms with Gasteiger partial charge in [0.25, 0.3) is 0 Å². The predicted octanol–water partition coefficient (Wildman–Crippen LogP) is 2.57. The molecule has 12 heavy (non-hydrogen) atoms. The van der Waals surface area contributed by atoms with Crippen LogP contribution < -0.4 is 0 Å². The van der Waals surface area contributed by atoms with Crippen molar-refractivity contribution in [3.8, 4) is 0 Å². The van der Waals surface area contributed by atoms with Crippen molar-refractivity contribution in [1.29, 1.82) is 0 Å². The molecule has 2 rings (SSSR count). The van der Waals surface area contributed by atoms with Gasteiger partial charge in [-0.25, -0.2) is 0 Å². The second kappa shape index (κ2) is 3.97. The van der Waals surface area contributed by atoms with Crippen LogP contribution in [0, 0.1) is 0 Å². The van der Waals surface area contributed by atoms with E-state index in [9.17, 15) is 0 Å². The van der Waals surface area contributed by atoms with E-state index in [1.54, 1.807) is 0 Å². The lowest BCUT2D eigenvalue weighted by molar-refractivity contribution is 0.199. The van der Waals surface area contributed by atoms with Crippen LogP contribution in [-0.2, 0) is 4.74 Å². The fourth-order valence-corrected chi connectivity index (χ4v) is 2.37. The van der Waals surface area contributed by atoms with E-state index in [1.165, 1.54) is 11.3 Å². The lowest BCUT2D eigenvalue weighted by Crippen LogP contribution is -1.99. The molecule has 1 aromatic rings. The van der Waals surface area contributed by atoms with Crippen molar-refractivity contribution in [2.24, 2.45) is 0 Å². The molecule has 1 fully saturated rings. The maximum absolute atomic E-state index is 5.31. The van der Waals surface area contributed by atoms with Gasteiger partial charge < -0.3 is 4.74 Å². The fourth-order valence-electron chi connectivity index (χ4n) is 1.30. The average Bonchev–Trinajstić information content (AvgIpc) is 2.59. The highest BCUT2D eigenvalue weighted by Gasteiger charge is 2.16. The molecule has 0 aliphatic carbocycles. The van der Waals surface area contributed by atoms with Gasteiger partial charge in [-0.05, 0) is 18.6 Å². The lowest BCUT2D eigenvalue weighted by Gasteiger charge is -2.05. The van der Waals surface area contributed by atoms with Gasteiger partial charge in [0, 0.05) is 16.8 Å². The molecule has 0 radical (unpaired) electrons. The molecule has 2 heteroatoms. The molecular formula is C10H12OS. The Morgan fingerprint density at radius 1 is 1.25 bits per heavy atom. The first-order valence-electron chi connectivity index (χ1n) is 4.24. The Kier molecular flexibility index (Phi) is 2.69. The first-order chi connectivity index (χ1) is 5.95. The second-order valence-electron chi connectivity index (χ2n) is 2.92. The van der Waals surface area contributed by atoms with Gasteiger partial charge in [0.2, 0.25) is 0 Å². The number of ether oxygens (including phenoxy) is 1. The summed E-state index contributed by atoms with van der Waals surface area (Å²) in [4.78, 5) is 1.35. The first kappa shape index (κ1) is 8.14. The smallest absolute Gasteiger partial charge is 0.0589 e. The topological polar surface area (TPSA) is 9.23 Å². The summed E-state index contributed by atoms with van der Waals surface area (Å²) in [6.07, 6.45) is 1.19. The molecule has 1 nitrogen and oxygen atoms in total. The number of benzene rings is 1. The number of thioether (sulfide) groups is 1. The van der Waals surface area contributed by atoms with Crippen LogP contribution in [0.4, 0.5) is 0 Å². The summed E-state index contributed by atoms with van der Waals surface area (Å²) >= 11 is 1.93. The molecule has 1 aliphatic rings. The van der Waals surface area contributed by atoms with E-state index in [1.807, 2.05) is 11.8 Å². The average molecular weight is 180 g/mol. The van der Waals surface area contributed by atoms with Crippen LogP contribution in [0.1, 0.15) is 6.42 Å². The molecule has 1 unspecified atom stereocenters. The minimum Gasteiger partial charge on any atom is -0.380 e. The number of rotatable bonds is 2. The summed E-state index contributed by atoms with van der Waals surface area (Å²) in [6, 6.07) is 10.5. The molecular weight excluding hydrogens is 168 g/mol. The van der Waals surface area contributed by atoms with E-state index in [4.69, 9.17) is 4.74 Å². The molecule has 1 heterocycles. The van der Waals surface area contributed by atoms with Crippen LogP contribution in [0.2, 0.25) is 0 Å². The third-order valence-electron chi connectivity index (χ3n) is 1.93. The molecule has 1 aromatic carbocycles. The van der Waals surface area contributed by atoms with E-state index < -0.39 is 0 Å². The molecule has 1 aliphatic heterocycles. The van der Waals surface area contributed by atoms with Crippen molar-refractivity contribution < 1.29 is 4.74 Å². The van der Waals surface area contributed by atoms with Crippen LogP contribution in [0.25, 0.3) is 0 Å². The van der Waals surface area contributed by atoms with Crippen molar-refractivity contribution in [2.45, 2.75) is 16.6 Å². The molecule has 0 aromatic heterocycles. The van der Waals surface area contributed by atoms with Gasteiger partial charge in [0.15, 0.2) is 0 Å². The standard InChI is InChI=1S/C10H12OS/c1-2-4-9(5-3-1)12-10-6-7-11-8-10/h1-5,10H,6-8H2.